The van der Waals surface area contributed by atoms with Crippen LogP contribution in [0.4, 0.5) is 0 Å². The normalized spacial score (nSPS) is 15.9. The Morgan fingerprint density at radius 1 is 0.741 bits per heavy atom. The van der Waals surface area contributed by atoms with Gasteiger partial charge in [0.2, 0.25) is 0 Å². The van der Waals surface area contributed by atoms with Crippen LogP contribution in [0.3, 0.4) is 0 Å². The maximum absolute atomic E-state index is 4.27. The summed E-state index contributed by atoms with van der Waals surface area (Å²) in [5.74, 6) is 0. The van der Waals surface area contributed by atoms with E-state index in [2.05, 4.69) is 70.4 Å². The molecule has 0 saturated carbocycles. The van der Waals surface area contributed by atoms with Gasteiger partial charge in [0, 0.05) is 51.7 Å². The summed E-state index contributed by atoms with van der Waals surface area (Å²) in [7, 11) is 0. The molecular weight excluding hydrogens is 332 g/mol. The summed E-state index contributed by atoms with van der Waals surface area (Å²) < 4.78 is 1.96. The number of hydrogen-bond acceptors (Lipinski definition) is 3. The lowest BCUT2D eigenvalue weighted by molar-refractivity contribution is 0.122. The Labute approximate surface area is 162 Å². The SMILES string of the molecule is Cc1ccccc1CN1CCN(Cc2ccc(Cn3cccn3)cc2)CC1. The van der Waals surface area contributed by atoms with Gasteiger partial charge in [-0.1, -0.05) is 48.5 Å². The van der Waals surface area contributed by atoms with E-state index in [1.807, 2.05) is 23.1 Å². The van der Waals surface area contributed by atoms with Crippen LogP contribution in [0.15, 0.2) is 67.0 Å². The molecule has 140 valence electrons. The average molecular weight is 361 g/mol. The molecule has 27 heavy (non-hydrogen) atoms. The second-order valence-corrected chi connectivity index (χ2v) is 7.50. The van der Waals surface area contributed by atoms with Gasteiger partial charge < -0.3 is 0 Å². The van der Waals surface area contributed by atoms with Crippen molar-refractivity contribution in [3.05, 3.63) is 89.2 Å². The van der Waals surface area contributed by atoms with Crippen LogP contribution in [0.25, 0.3) is 0 Å². The summed E-state index contributed by atoms with van der Waals surface area (Å²) in [5.41, 5.74) is 5.55. The van der Waals surface area contributed by atoms with Crippen molar-refractivity contribution < 1.29 is 0 Å². The molecule has 3 aromatic rings. The van der Waals surface area contributed by atoms with Crippen molar-refractivity contribution >= 4 is 0 Å². The molecule has 0 N–H and O–H groups in total. The minimum absolute atomic E-state index is 0.838. The Morgan fingerprint density at radius 2 is 1.37 bits per heavy atom. The van der Waals surface area contributed by atoms with Crippen molar-refractivity contribution in [2.24, 2.45) is 0 Å². The van der Waals surface area contributed by atoms with Gasteiger partial charge in [0.1, 0.15) is 0 Å². The van der Waals surface area contributed by atoms with E-state index in [1.165, 1.54) is 22.3 Å². The van der Waals surface area contributed by atoms with Gasteiger partial charge in [-0.2, -0.15) is 5.10 Å². The average Bonchev–Trinajstić information content (AvgIpc) is 3.20. The first-order valence-corrected chi connectivity index (χ1v) is 9.81. The molecule has 2 heterocycles. The summed E-state index contributed by atoms with van der Waals surface area (Å²) in [4.78, 5) is 5.14. The molecular formula is C23H28N4. The van der Waals surface area contributed by atoms with Gasteiger partial charge in [-0.05, 0) is 35.2 Å². The smallest absolute Gasteiger partial charge is 0.0659 e. The number of aryl methyl sites for hydroxylation is 1. The molecule has 0 aliphatic carbocycles. The Balaban J connectivity index is 1.26. The molecule has 1 saturated heterocycles. The third-order valence-electron chi connectivity index (χ3n) is 5.45. The van der Waals surface area contributed by atoms with Gasteiger partial charge in [-0.15, -0.1) is 0 Å². The molecule has 4 nitrogen and oxygen atoms in total. The van der Waals surface area contributed by atoms with Gasteiger partial charge in [0.25, 0.3) is 0 Å². The number of nitrogens with zero attached hydrogens (tertiary/aromatic N) is 4. The highest BCUT2D eigenvalue weighted by atomic mass is 15.3. The van der Waals surface area contributed by atoms with E-state index in [0.717, 1.165) is 45.8 Å². The maximum atomic E-state index is 4.27. The van der Waals surface area contributed by atoms with Crippen LogP contribution in [0.1, 0.15) is 22.3 Å². The lowest BCUT2D eigenvalue weighted by Gasteiger charge is -2.35. The standard InChI is InChI=1S/C23H28N4/c1-20-5-2-3-6-23(20)19-26-15-13-25(14-16-26)17-21-7-9-22(10-8-21)18-27-12-4-11-24-27/h2-12H,13-19H2,1H3. The Bertz CT molecular complexity index is 831. The van der Waals surface area contributed by atoms with Crippen LogP contribution < -0.4 is 0 Å². The van der Waals surface area contributed by atoms with Crippen LogP contribution in [0.2, 0.25) is 0 Å². The van der Waals surface area contributed by atoms with E-state index in [-0.39, 0.29) is 0 Å². The molecule has 0 bridgehead atoms. The Kier molecular flexibility index (Phi) is 5.66. The quantitative estimate of drug-likeness (QED) is 0.672. The molecule has 0 atom stereocenters. The highest BCUT2D eigenvalue weighted by Gasteiger charge is 2.17. The van der Waals surface area contributed by atoms with Crippen molar-refractivity contribution in [1.29, 1.82) is 0 Å². The number of hydrogen-bond donors (Lipinski definition) is 0. The number of benzene rings is 2. The summed E-state index contributed by atoms with van der Waals surface area (Å²) in [6.07, 6.45) is 3.83. The molecule has 0 radical (unpaired) electrons. The maximum Gasteiger partial charge on any atom is 0.0659 e. The first-order valence-electron chi connectivity index (χ1n) is 9.81. The third kappa shape index (κ3) is 4.85. The summed E-state index contributed by atoms with van der Waals surface area (Å²) in [6, 6.07) is 19.7. The molecule has 1 aromatic heterocycles. The number of aromatic nitrogens is 2. The third-order valence-corrected chi connectivity index (χ3v) is 5.45. The number of piperazine rings is 1. The Morgan fingerprint density at radius 3 is 2.00 bits per heavy atom. The fraction of sp³-hybridized carbons (Fsp3) is 0.348. The number of rotatable bonds is 6. The second kappa shape index (κ2) is 8.51. The predicted octanol–water partition coefficient (Wildman–Crippen LogP) is 3.56. The minimum atomic E-state index is 0.838. The van der Waals surface area contributed by atoms with Crippen LogP contribution >= 0.6 is 0 Å². The first-order chi connectivity index (χ1) is 13.3. The van der Waals surface area contributed by atoms with E-state index in [4.69, 9.17) is 0 Å². The minimum Gasteiger partial charge on any atom is -0.297 e. The molecule has 4 heteroatoms. The lowest BCUT2D eigenvalue weighted by atomic mass is 10.1. The van der Waals surface area contributed by atoms with E-state index in [0.29, 0.717) is 0 Å². The molecule has 2 aromatic carbocycles. The van der Waals surface area contributed by atoms with E-state index in [9.17, 15) is 0 Å². The Hall–Kier alpha value is -2.43. The fourth-order valence-corrected chi connectivity index (χ4v) is 3.72. The van der Waals surface area contributed by atoms with E-state index < -0.39 is 0 Å². The fourth-order valence-electron chi connectivity index (χ4n) is 3.72. The van der Waals surface area contributed by atoms with Crippen LogP contribution in [-0.2, 0) is 19.6 Å². The monoisotopic (exact) mass is 360 g/mol. The zero-order valence-electron chi connectivity index (χ0n) is 16.1. The zero-order valence-corrected chi connectivity index (χ0v) is 16.1. The van der Waals surface area contributed by atoms with E-state index in [1.54, 1.807) is 0 Å². The van der Waals surface area contributed by atoms with Crippen LogP contribution in [0, 0.1) is 6.92 Å². The van der Waals surface area contributed by atoms with Gasteiger partial charge in [0.05, 0.1) is 6.54 Å². The molecule has 0 amide bonds. The van der Waals surface area contributed by atoms with Crippen LogP contribution in [0.5, 0.6) is 0 Å². The highest BCUT2D eigenvalue weighted by Crippen LogP contribution is 2.14. The summed E-state index contributed by atoms with van der Waals surface area (Å²) in [5, 5.41) is 4.27. The van der Waals surface area contributed by atoms with Gasteiger partial charge in [-0.25, -0.2) is 0 Å². The molecule has 0 unspecified atom stereocenters. The molecule has 0 spiro atoms. The van der Waals surface area contributed by atoms with Crippen molar-refractivity contribution in [1.82, 2.24) is 19.6 Å². The first kappa shape index (κ1) is 18.0. The lowest BCUT2D eigenvalue weighted by Crippen LogP contribution is -2.45. The molecule has 1 fully saturated rings. The van der Waals surface area contributed by atoms with Crippen molar-refractivity contribution in [3.63, 3.8) is 0 Å². The van der Waals surface area contributed by atoms with Crippen molar-refractivity contribution in [3.8, 4) is 0 Å². The van der Waals surface area contributed by atoms with Crippen molar-refractivity contribution in [2.75, 3.05) is 26.2 Å². The van der Waals surface area contributed by atoms with Crippen molar-refractivity contribution in [2.45, 2.75) is 26.6 Å². The van der Waals surface area contributed by atoms with Gasteiger partial charge >= 0.3 is 0 Å². The molecule has 1 aliphatic heterocycles. The molecule has 4 rings (SSSR count). The summed E-state index contributed by atoms with van der Waals surface area (Å²) >= 11 is 0. The zero-order chi connectivity index (χ0) is 18.5. The second-order valence-electron chi connectivity index (χ2n) is 7.50. The predicted molar refractivity (Wildman–Crippen MR) is 110 cm³/mol. The van der Waals surface area contributed by atoms with E-state index >= 15 is 0 Å². The van der Waals surface area contributed by atoms with Gasteiger partial charge in [-0.3, -0.25) is 14.5 Å². The summed E-state index contributed by atoms with van der Waals surface area (Å²) in [6.45, 7) is 9.73. The highest BCUT2D eigenvalue weighted by molar-refractivity contribution is 5.25. The van der Waals surface area contributed by atoms with Crippen LogP contribution in [-0.4, -0.2) is 45.8 Å². The molecule has 1 aliphatic rings. The topological polar surface area (TPSA) is 24.3 Å². The largest absolute Gasteiger partial charge is 0.297 e. The van der Waals surface area contributed by atoms with Gasteiger partial charge in [0.15, 0.2) is 0 Å².